The first kappa shape index (κ1) is 14.1. The number of aromatic nitrogens is 2. The number of hydrogen-bond donors (Lipinski definition) is 0. The molecule has 1 aromatic rings. The van der Waals surface area contributed by atoms with Gasteiger partial charge in [-0.2, -0.15) is 5.10 Å². The summed E-state index contributed by atoms with van der Waals surface area (Å²) in [5.41, 5.74) is 1.64. The first-order valence-electron chi connectivity index (χ1n) is 6.55. The third kappa shape index (κ3) is 3.00. The van der Waals surface area contributed by atoms with E-state index in [1.165, 1.54) is 12.8 Å². The van der Waals surface area contributed by atoms with Gasteiger partial charge in [0.25, 0.3) is 0 Å². The molecule has 0 aliphatic heterocycles. The van der Waals surface area contributed by atoms with Crippen LogP contribution in [0.15, 0.2) is 6.08 Å². The minimum Gasteiger partial charge on any atom is -0.339 e. The molecule has 0 aromatic carbocycles. The second-order valence-corrected chi connectivity index (χ2v) is 5.63. The summed E-state index contributed by atoms with van der Waals surface area (Å²) in [4.78, 5) is 13.9. The number of carbonyl (C=O) groups excluding carboxylic acids is 1. The largest absolute Gasteiger partial charge is 0.339 e. The van der Waals surface area contributed by atoms with Gasteiger partial charge < -0.3 is 4.90 Å². The maximum absolute atomic E-state index is 12.1. The van der Waals surface area contributed by atoms with Crippen LogP contribution in [0.1, 0.15) is 31.0 Å². The second-order valence-electron chi connectivity index (χ2n) is 5.27. The van der Waals surface area contributed by atoms with Crippen LogP contribution in [-0.4, -0.2) is 33.7 Å². The predicted molar refractivity (Wildman–Crippen MR) is 76.9 cm³/mol. The van der Waals surface area contributed by atoms with E-state index in [4.69, 9.17) is 11.6 Å². The van der Waals surface area contributed by atoms with Crippen molar-refractivity contribution in [2.45, 2.75) is 32.7 Å². The van der Waals surface area contributed by atoms with Crippen molar-refractivity contribution in [2.75, 3.05) is 7.05 Å². The third-order valence-corrected chi connectivity index (χ3v) is 4.30. The zero-order valence-corrected chi connectivity index (χ0v) is 12.6. The fourth-order valence-corrected chi connectivity index (χ4v) is 2.44. The maximum atomic E-state index is 12.1. The topological polar surface area (TPSA) is 38.1 Å². The van der Waals surface area contributed by atoms with Gasteiger partial charge in [0.2, 0.25) is 5.91 Å². The van der Waals surface area contributed by atoms with Gasteiger partial charge in [0.15, 0.2) is 0 Å². The summed E-state index contributed by atoms with van der Waals surface area (Å²) in [6.45, 7) is 3.98. The Balaban J connectivity index is 2.07. The van der Waals surface area contributed by atoms with Crippen LogP contribution in [0.2, 0.25) is 5.15 Å². The minimum absolute atomic E-state index is 0.0127. The van der Waals surface area contributed by atoms with Crippen LogP contribution in [-0.2, 0) is 11.8 Å². The molecule has 2 rings (SSSR count). The number of likely N-dealkylation sites (N-methyl/N-ethyl adjacent to an activating group) is 1. The highest BCUT2D eigenvalue weighted by molar-refractivity contribution is 6.31. The average Bonchev–Trinajstić information content (AvgIpc) is 3.17. The van der Waals surface area contributed by atoms with E-state index in [0.29, 0.717) is 17.1 Å². The van der Waals surface area contributed by atoms with Crippen molar-refractivity contribution in [2.24, 2.45) is 13.0 Å². The van der Waals surface area contributed by atoms with Gasteiger partial charge >= 0.3 is 0 Å². The lowest BCUT2D eigenvalue weighted by Crippen LogP contribution is -2.35. The van der Waals surface area contributed by atoms with E-state index in [9.17, 15) is 4.79 Å². The number of aryl methyl sites for hydroxylation is 2. The summed E-state index contributed by atoms with van der Waals surface area (Å²) in [6, 6.07) is 0.308. The molecule has 5 heteroatoms. The van der Waals surface area contributed by atoms with Crippen molar-refractivity contribution in [3.63, 3.8) is 0 Å². The normalized spacial score (nSPS) is 16.9. The lowest BCUT2D eigenvalue weighted by molar-refractivity contribution is -0.126. The Morgan fingerprint density at radius 3 is 2.68 bits per heavy atom. The van der Waals surface area contributed by atoms with Crippen LogP contribution in [0.25, 0.3) is 6.08 Å². The summed E-state index contributed by atoms with van der Waals surface area (Å²) in [5.74, 6) is 0.685. The standard InChI is InChI=1S/C14H20ClN3O/c1-9-12(14(15)18(4)16-9)7-8-13(19)17(3)10(2)11-5-6-11/h7-8,10-11H,5-6H2,1-4H3. The van der Waals surface area contributed by atoms with E-state index in [1.807, 2.05) is 14.0 Å². The van der Waals surface area contributed by atoms with E-state index in [-0.39, 0.29) is 5.91 Å². The zero-order chi connectivity index (χ0) is 14.2. The molecule has 1 saturated carbocycles. The van der Waals surface area contributed by atoms with Gasteiger partial charge in [-0.15, -0.1) is 0 Å². The van der Waals surface area contributed by atoms with Crippen molar-refractivity contribution >= 4 is 23.6 Å². The Labute approximate surface area is 119 Å². The van der Waals surface area contributed by atoms with Crippen molar-refractivity contribution in [3.05, 3.63) is 22.5 Å². The van der Waals surface area contributed by atoms with Crippen LogP contribution in [0.5, 0.6) is 0 Å². The number of halogens is 1. The lowest BCUT2D eigenvalue weighted by Gasteiger charge is -2.23. The molecule has 0 spiro atoms. The molecule has 1 amide bonds. The molecule has 1 heterocycles. The molecular formula is C14H20ClN3O. The van der Waals surface area contributed by atoms with E-state index in [0.717, 1.165) is 11.3 Å². The summed E-state index contributed by atoms with van der Waals surface area (Å²) in [5, 5.41) is 4.77. The Morgan fingerprint density at radius 2 is 2.21 bits per heavy atom. The van der Waals surface area contributed by atoms with E-state index < -0.39 is 0 Å². The van der Waals surface area contributed by atoms with Crippen molar-refractivity contribution in [1.82, 2.24) is 14.7 Å². The van der Waals surface area contributed by atoms with Gasteiger partial charge in [-0.3, -0.25) is 9.48 Å². The van der Waals surface area contributed by atoms with Crippen molar-refractivity contribution < 1.29 is 4.79 Å². The van der Waals surface area contributed by atoms with Gasteiger partial charge in [0, 0.05) is 31.8 Å². The van der Waals surface area contributed by atoms with Gasteiger partial charge in [0.1, 0.15) is 5.15 Å². The molecule has 1 aliphatic rings. The zero-order valence-electron chi connectivity index (χ0n) is 11.9. The van der Waals surface area contributed by atoms with Crippen LogP contribution in [0.3, 0.4) is 0 Å². The number of rotatable bonds is 4. The highest BCUT2D eigenvalue weighted by Crippen LogP contribution is 2.34. The summed E-state index contributed by atoms with van der Waals surface area (Å²) >= 11 is 6.12. The van der Waals surface area contributed by atoms with Crippen molar-refractivity contribution in [1.29, 1.82) is 0 Å². The highest BCUT2D eigenvalue weighted by Gasteiger charge is 2.31. The molecule has 1 fully saturated rings. The van der Waals surface area contributed by atoms with Crippen LogP contribution in [0.4, 0.5) is 0 Å². The fourth-order valence-electron chi connectivity index (χ4n) is 2.20. The molecule has 19 heavy (non-hydrogen) atoms. The molecule has 1 atom stereocenters. The fraction of sp³-hybridized carbons (Fsp3) is 0.571. The Hall–Kier alpha value is -1.29. The molecule has 0 radical (unpaired) electrons. The molecule has 104 valence electrons. The van der Waals surface area contributed by atoms with Gasteiger partial charge in [-0.25, -0.2) is 0 Å². The smallest absolute Gasteiger partial charge is 0.246 e. The number of amides is 1. The summed E-state index contributed by atoms with van der Waals surface area (Å²) in [6.07, 6.45) is 5.80. The van der Waals surface area contributed by atoms with Crippen molar-refractivity contribution in [3.8, 4) is 0 Å². The molecule has 0 saturated heterocycles. The molecule has 1 unspecified atom stereocenters. The monoisotopic (exact) mass is 281 g/mol. The number of nitrogens with zero attached hydrogens (tertiary/aromatic N) is 3. The van der Waals surface area contributed by atoms with Gasteiger partial charge in [0.05, 0.1) is 5.69 Å². The minimum atomic E-state index is 0.0127. The predicted octanol–water partition coefficient (Wildman–Crippen LogP) is 2.65. The van der Waals surface area contributed by atoms with Crippen LogP contribution in [0, 0.1) is 12.8 Å². The Bertz CT molecular complexity index is 517. The number of carbonyl (C=O) groups is 1. The van der Waals surface area contributed by atoms with E-state index in [1.54, 1.807) is 28.8 Å². The molecule has 0 N–H and O–H groups in total. The van der Waals surface area contributed by atoms with Crippen LogP contribution < -0.4 is 0 Å². The van der Waals surface area contributed by atoms with Crippen LogP contribution >= 0.6 is 11.6 Å². The first-order valence-corrected chi connectivity index (χ1v) is 6.93. The molecule has 1 aliphatic carbocycles. The lowest BCUT2D eigenvalue weighted by atomic mass is 10.2. The second kappa shape index (κ2) is 5.37. The molecular weight excluding hydrogens is 262 g/mol. The average molecular weight is 282 g/mol. The quantitative estimate of drug-likeness (QED) is 0.796. The molecule has 1 aromatic heterocycles. The van der Waals surface area contributed by atoms with Gasteiger partial charge in [-0.1, -0.05) is 11.6 Å². The number of hydrogen-bond acceptors (Lipinski definition) is 2. The Morgan fingerprint density at radius 1 is 1.58 bits per heavy atom. The van der Waals surface area contributed by atoms with Gasteiger partial charge in [-0.05, 0) is 38.7 Å². The van der Waals surface area contributed by atoms with E-state index >= 15 is 0 Å². The van der Waals surface area contributed by atoms with E-state index in [2.05, 4.69) is 12.0 Å². The highest BCUT2D eigenvalue weighted by atomic mass is 35.5. The summed E-state index contributed by atoms with van der Waals surface area (Å²) < 4.78 is 1.61. The molecule has 0 bridgehead atoms. The SMILES string of the molecule is Cc1nn(C)c(Cl)c1C=CC(=O)N(C)C(C)C1CC1. The molecule has 4 nitrogen and oxygen atoms in total. The summed E-state index contributed by atoms with van der Waals surface area (Å²) in [7, 11) is 3.64. The maximum Gasteiger partial charge on any atom is 0.246 e. The first-order chi connectivity index (χ1) is 8.91. The Kier molecular flexibility index (Phi) is 3.99. The third-order valence-electron chi connectivity index (χ3n) is 3.85.